The van der Waals surface area contributed by atoms with Crippen molar-refractivity contribution in [3.63, 3.8) is 0 Å². The SMILES string of the molecule is CC(O)N(CC1CC1)c1ccc(-c2ccc(C(=O)NCc3cscn3)cn2)cc1Cl. The lowest BCUT2D eigenvalue weighted by molar-refractivity contribution is 0.0950. The summed E-state index contributed by atoms with van der Waals surface area (Å²) in [5.41, 5.74) is 5.46. The molecular weight excluding hydrogens is 420 g/mol. The van der Waals surface area contributed by atoms with Crippen molar-refractivity contribution < 1.29 is 9.90 Å². The molecule has 1 fully saturated rings. The number of aromatic nitrogens is 2. The van der Waals surface area contributed by atoms with Crippen LogP contribution in [0.3, 0.4) is 0 Å². The van der Waals surface area contributed by atoms with Gasteiger partial charge < -0.3 is 15.3 Å². The molecule has 30 heavy (non-hydrogen) atoms. The molecule has 3 aromatic rings. The Balaban J connectivity index is 1.45. The average molecular weight is 443 g/mol. The van der Waals surface area contributed by atoms with E-state index in [2.05, 4.69) is 15.3 Å². The Bertz CT molecular complexity index is 1000. The van der Waals surface area contributed by atoms with Gasteiger partial charge in [-0.3, -0.25) is 9.78 Å². The Hall–Kier alpha value is -2.48. The fourth-order valence-electron chi connectivity index (χ4n) is 3.23. The summed E-state index contributed by atoms with van der Waals surface area (Å²) in [6.07, 6.45) is 3.36. The maximum atomic E-state index is 12.3. The van der Waals surface area contributed by atoms with Gasteiger partial charge in [-0.2, -0.15) is 0 Å². The molecule has 0 bridgehead atoms. The van der Waals surface area contributed by atoms with E-state index in [1.807, 2.05) is 28.5 Å². The lowest BCUT2D eigenvalue weighted by atomic mass is 10.1. The van der Waals surface area contributed by atoms with Gasteiger partial charge in [0.15, 0.2) is 0 Å². The zero-order chi connectivity index (χ0) is 21.1. The van der Waals surface area contributed by atoms with Crippen molar-refractivity contribution in [1.82, 2.24) is 15.3 Å². The van der Waals surface area contributed by atoms with Crippen molar-refractivity contribution in [2.45, 2.75) is 32.5 Å². The quantitative estimate of drug-likeness (QED) is 0.507. The average Bonchev–Trinajstić information content (AvgIpc) is 3.42. The lowest BCUT2D eigenvalue weighted by Gasteiger charge is -2.29. The molecule has 1 unspecified atom stereocenters. The lowest BCUT2D eigenvalue weighted by Crippen LogP contribution is -2.34. The van der Waals surface area contributed by atoms with Crippen LogP contribution in [-0.4, -0.2) is 33.8 Å². The summed E-state index contributed by atoms with van der Waals surface area (Å²) in [7, 11) is 0. The Morgan fingerprint density at radius 2 is 2.17 bits per heavy atom. The Labute approximate surface area is 184 Å². The first-order valence-corrected chi connectivity index (χ1v) is 11.2. The van der Waals surface area contributed by atoms with Crippen LogP contribution in [0.2, 0.25) is 5.02 Å². The van der Waals surface area contributed by atoms with E-state index in [1.54, 1.807) is 30.8 Å². The number of carbonyl (C=O) groups excluding carboxylic acids is 1. The second-order valence-electron chi connectivity index (χ2n) is 7.49. The number of pyridine rings is 1. The van der Waals surface area contributed by atoms with Crippen LogP contribution in [0.1, 0.15) is 35.8 Å². The molecule has 0 spiro atoms. The largest absolute Gasteiger partial charge is 0.374 e. The number of rotatable bonds is 8. The molecule has 1 aliphatic carbocycles. The number of benzene rings is 1. The first-order chi connectivity index (χ1) is 14.5. The summed E-state index contributed by atoms with van der Waals surface area (Å²) in [5, 5.41) is 15.5. The number of anilines is 1. The Morgan fingerprint density at radius 1 is 1.33 bits per heavy atom. The number of hydrogen-bond donors (Lipinski definition) is 2. The van der Waals surface area contributed by atoms with Crippen LogP contribution in [0.5, 0.6) is 0 Å². The number of aliphatic hydroxyl groups is 1. The van der Waals surface area contributed by atoms with Crippen LogP contribution in [0, 0.1) is 5.92 Å². The summed E-state index contributed by atoms with van der Waals surface area (Å²) in [6, 6.07) is 9.26. The van der Waals surface area contributed by atoms with E-state index in [0.29, 0.717) is 23.0 Å². The molecule has 156 valence electrons. The number of nitrogens with zero attached hydrogens (tertiary/aromatic N) is 3. The smallest absolute Gasteiger partial charge is 0.253 e. The Kier molecular flexibility index (Phi) is 6.32. The van der Waals surface area contributed by atoms with Gasteiger partial charge in [0.05, 0.1) is 39.7 Å². The number of thiazole rings is 1. The normalized spacial score (nSPS) is 14.4. The van der Waals surface area contributed by atoms with Crippen molar-refractivity contribution in [2.24, 2.45) is 5.92 Å². The van der Waals surface area contributed by atoms with Gasteiger partial charge in [-0.25, -0.2) is 4.98 Å². The molecule has 1 aliphatic rings. The molecular formula is C22H23ClN4O2S. The van der Waals surface area contributed by atoms with E-state index in [-0.39, 0.29) is 5.91 Å². The van der Waals surface area contributed by atoms with Gasteiger partial charge in [0, 0.05) is 23.7 Å². The molecule has 8 heteroatoms. The first-order valence-electron chi connectivity index (χ1n) is 9.87. The van der Waals surface area contributed by atoms with Crippen molar-refractivity contribution in [1.29, 1.82) is 0 Å². The summed E-state index contributed by atoms with van der Waals surface area (Å²) in [5.74, 6) is 0.439. The number of nitrogens with one attached hydrogen (secondary N) is 1. The van der Waals surface area contributed by atoms with Crippen LogP contribution in [0.4, 0.5) is 5.69 Å². The third kappa shape index (κ3) is 4.98. The molecule has 1 saturated carbocycles. The van der Waals surface area contributed by atoms with Crippen LogP contribution in [0.15, 0.2) is 47.4 Å². The fourth-order valence-corrected chi connectivity index (χ4v) is 4.07. The third-order valence-electron chi connectivity index (χ3n) is 5.09. The van der Waals surface area contributed by atoms with Gasteiger partial charge in [0.1, 0.15) is 6.23 Å². The molecule has 0 radical (unpaired) electrons. The summed E-state index contributed by atoms with van der Waals surface area (Å²) >= 11 is 8.04. The van der Waals surface area contributed by atoms with Crippen molar-refractivity contribution in [3.8, 4) is 11.3 Å². The maximum absolute atomic E-state index is 12.3. The second-order valence-corrected chi connectivity index (χ2v) is 8.61. The van der Waals surface area contributed by atoms with Gasteiger partial charge in [-0.1, -0.05) is 17.7 Å². The minimum atomic E-state index is -0.603. The number of carbonyl (C=O) groups is 1. The molecule has 2 N–H and O–H groups in total. The molecule has 1 aromatic carbocycles. The molecule has 6 nitrogen and oxygen atoms in total. The van der Waals surface area contributed by atoms with Crippen molar-refractivity contribution in [2.75, 3.05) is 11.4 Å². The minimum absolute atomic E-state index is 0.192. The molecule has 2 aromatic heterocycles. The molecule has 2 heterocycles. The van der Waals surface area contributed by atoms with Crippen LogP contribution < -0.4 is 10.2 Å². The number of halogens is 1. The van der Waals surface area contributed by atoms with Crippen LogP contribution in [0.25, 0.3) is 11.3 Å². The molecule has 1 amide bonds. The van der Waals surface area contributed by atoms with Gasteiger partial charge in [0.2, 0.25) is 0 Å². The third-order valence-corrected chi connectivity index (χ3v) is 6.03. The van der Waals surface area contributed by atoms with Gasteiger partial charge in [-0.05, 0) is 49.9 Å². The van der Waals surface area contributed by atoms with E-state index < -0.39 is 6.23 Å². The predicted octanol–water partition coefficient (Wildman–Crippen LogP) is 4.34. The van der Waals surface area contributed by atoms with E-state index >= 15 is 0 Å². The number of amides is 1. The van der Waals surface area contributed by atoms with Crippen molar-refractivity contribution >= 4 is 34.5 Å². The van der Waals surface area contributed by atoms with E-state index in [0.717, 1.165) is 29.2 Å². The molecule has 0 aliphatic heterocycles. The van der Waals surface area contributed by atoms with E-state index in [4.69, 9.17) is 11.6 Å². The summed E-state index contributed by atoms with van der Waals surface area (Å²) in [6.45, 7) is 2.95. The fraction of sp³-hybridized carbons (Fsp3) is 0.318. The van der Waals surface area contributed by atoms with Crippen molar-refractivity contribution in [3.05, 3.63) is 63.7 Å². The topological polar surface area (TPSA) is 78.4 Å². The number of hydrogen-bond acceptors (Lipinski definition) is 6. The molecule has 0 saturated heterocycles. The van der Waals surface area contributed by atoms with Gasteiger partial charge in [0.25, 0.3) is 5.91 Å². The highest BCUT2D eigenvalue weighted by molar-refractivity contribution is 7.07. The molecule has 4 rings (SSSR count). The zero-order valence-corrected chi connectivity index (χ0v) is 18.2. The zero-order valence-electron chi connectivity index (χ0n) is 16.6. The standard InChI is InChI=1S/C22H23ClN4O2S/c1-14(28)27(11-15-2-3-15)21-7-5-16(8-19(21)23)20-6-4-17(9-24-20)22(29)25-10-18-12-30-13-26-18/h4-9,12-15,28H,2-3,10-11H2,1H3,(H,25,29). The minimum Gasteiger partial charge on any atom is -0.374 e. The summed E-state index contributed by atoms with van der Waals surface area (Å²) < 4.78 is 0. The Morgan fingerprint density at radius 3 is 2.77 bits per heavy atom. The van der Waals surface area contributed by atoms with Gasteiger partial charge >= 0.3 is 0 Å². The highest BCUT2D eigenvalue weighted by Gasteiger charge is 2.27. The highest BCUT2D eigenvalue weighted by atomic mass is 35.5. The monoisotopic (exact) mass is 442 g/mol. The maximum Gasteiger partial charge on any atom is 0.253 e. The number of aliphatic hydroxyl groups excluding tert-OH is 1. The predicted molar refractivity (Wildman–Crippen MR) is 120 cm³/mol. The van der Waals surface area contributed by atoms with Crippen LogP contribution >= 0.6 is 22.9 Å². The summed E-state index contributed by atoms with van der Waals surface area (Å²) in [4.78, 5) is 22.8. The highest BCUT2D eigenvalue weighted by Crippen LogP contribution is 2.36. The van der Waals surface area contributed by atoms with Crippen LogP contribution in [-0.2, 0) is 6.54 Å². The van der Waals surface area contributed by atoms with E-state index in [9.17, 15) is 9.90 Å². The second kappa shape index (κ2) is 9.12. The van der Waals surface area contributed by atoms with Gasteiger partial charge in [-0.15, -0.1) is 11.3 Å². The van der Waals surface area contributed by atoms with E-state index in [1.165, 1.54) is 24.2 Å². The first kappa shape index (κ1) is 20.8. The molecule has 1 atom stereocenters.